The third-order valence-corrected chi connectivity index (χ3v) is 5.10. The van der Waals surface area contributed by atoms with Crippen LogP contribution in [0.25, 0.3) is 0 Å². The molecule has 1 aliphatic heterocycles. The highest BCUT2D eigenvalue weighted by Crippen LogP contribution is 2.28. The van der Waals surface area contributed by atoms with Crippen molar-refractivity contribution in [2.24, 2.45) is 4.99 Å². The third-order valence-electron chi connectivity index (χ3n) is 5.10. The normalized spacial score (nSPS) is 15.9. The second-order valence-electron chi connectivity index (χ2n) is 6.90. The summed E-state index contributed by atoms with van der Waals surface area (Å²) in [7, 11) is 1.97. The molecule has 0 saturated heterocycles. The Hall–Kier alpha value is -3.54. The van der Waals surface area contributed by atoms with Crippen LogP contribution in [0.3, 0.4) is 0 Å². The van der Waals surface area contributed by atoms with Gasteiger partial charge in [-0.3, -0.25) is 14.8 Å². The topological polar surface area (TPSA) is 57.6 Å². The lowest BCUT2D eigenvalue weighted by molar-refractivity contribution is 0.0951. The number of pyridine rings is 1. The zero-order chi connectivity index (χ0) is 20.2. The molecule has 0 aliphatic carbocycles. The van der Waals surface area contributed by atoms with Gasteiger partial charge in [-0.05, 0) is 30.3 Å². The predicted molar refractivity (Wildman–Crippen MR) is 112 cm³/mol. The van der Waals surface area contributed by atoms with Gasteiger partial charge in [0, 0.05) is 42.8 Å². The molecule has 2 heterocycles. The van der Waals surface area contributed by atoms with Crippen molar-refractivity contribution in [3.05, 3.63) is 95.6 Å². The number of halogens is 1. The minimum absolute atomic E-state index is 0.0685. The van der Waals surface area contributed by atoms with Crippen LogP contribution in [0.5, 0.6) is 0 Å². The number of carbonyl (C=O) groups is 1. The van der Waals surface area contributed by atoms with E-state index in [0.717, 1.165) is 11.3 Å². The molecule has 4 rings (SSSR count). The van der Waals surface area contributed by atoms with Gasteiger partial charge in [0.2, 0.25) is 0 Å². The number of hydrogen-bond acceptors (Lipinski definition) is 4. The van der Waals surface area contributed by atoms with E-state index >= 15 is 0 Å². The molecule has 0 saturated carbocycles. The van der Waals surface area contributed by atoms with E-state index in [1.165, 1.54) is 12.3 Å². The van der Waals surface area contributed by atoms with Gasteiger partial charge < -0.3 is 10.2 Å². The van der Waals surface area contributed by atoms with Gasteiger partial charge in [0.25, 0.3) is 5.91 Å². The van der Waals surface area contributed by atoms with Crippen LogP contribution in [0.15, 0.2) is 78.0 Å². The van der Waals surface area contributed by atoms with E-state index in [1.54, 1.807) is 30.5 Å². The van der Waals surface area contributed by atoms with Crippen LogP contribution in [0.1, 0.15) is 21.5 Å². The van der Waals surface area contributed by atoms with Gasteiger partial charge in [-0.15, -0.1) is 0 Å². The van der Waals surface area contributed by atoms with E-state index in [9.17, 15) is 9.18 Å². The van der Waals surface area contributed by atoms with E-state index in [1.807, 2.05) is 37.4 Å². The van der Waals surface area contributed by atoms with Gasteiger partial charge in [-0.2, -0.15) is 0 Å². The third kappa shape index (κ3) is 3.87. The van der Waals surface area contributed by atoms with E-state index < -0.39 is 0 Å². The summed E-state index contributed by atoms with van der Waals surface area (Å²) >= 11 is 0. The Balaban J connectivity index is 1.62. The second kappa shape index (κ2) is 8.22. The van der Waals surface area contributed by atoms with Gasteiger partial charge in [-0.25, -0.2) is 4.39 Å². The Labute approximate surface area is 168 Å². The molecule has 1 unspecified atom stereocenters. The first kappa shape index (κ1) is 18.8. The van der Waals surface area contributed by atoms with Gasteiger partial charge in [0.05, 0.1) is 23.9 Å². The molecule has 0 fully saturated rings. The van der Waals surface area contributed by atoms with Crippen molar-refractivity contribution in [2.45, 2.75) is 6.04 Å². The minimum atomic E-state index is -0.299. The zero-order valence-corrected chi connectivity index (χ0v) is 16.0. The number of fused-ring (bicyclic) bond motifs is 1. The SMILES string of the molecule is CN1c2ccccc2C(c2ccccc2F)=NCC1CNC(=O)c1cccnc1. The lowest BCUT2D eigenvalue weighted by Crippen LogP contribution is -2.43. The number of likely N-dealkylation sites (N-methyl/N-ethyl adjacent to an activating group) is 1. The van der Waals surface area contributed by atoms with E-state index in [2.05, 4.69) is 15.2 Å². The lowest BCUT2D eigenvalue weighted by Gasteiger charge is -2.28. The number of anilines is 1. The average Bonchev–Trinajstić information content (AvgIpc) is 2.90. The number of benzodiazepines with no additional fused rings is 1. The molecule has 6 heteroatoms. The minimum Gasteiger partial charge on any atom is -0.367 e. The largest absolute Gasteiger partial charge is 0.367 e. The number of rotatable bonds is 4. The van der Waals surface area contributed by atoms with Crippen molar-refractivity contribution >= 4 is 17.3 Å². The predicted octanol–water partition coefficient (Wildman–Crippen LogP) is 3.31. The first-order valence-electron chi connectivity index (χ1n) is 9.45. The van der Waals surface area contributed by atoms with Crippen molar-refractivity contribution in [2.75, 3.05) is 25.0 Å². The number of amides is 1. The summed E-state index contributed by atoms with van der Waals surface area (Å²) in [6, 6.07) is 17.9. The lowest BCUT2D eigenvalue weighted by atomic mass is 10.00. The van der Waals surface area contributed by atoms with Crippen molar-refractivity contribution in [1.82, 2.24) is 10.3 Å². The number of aliphatic imine (C=N–C) groups is 1. The number of nitrogens with one attached hydrogen (secondary N) is 1. The van der Waals surface area contributed by atoms with Crippen LogP contribution in [-0.2, 0) is 0 Å². The number of para-hydroxylation sites is 1. The molecule has 1 aliphatic rings. The molecule has 0 radical (unpaired) electrons. The number of aromatic nitrogens is 1. The molecule has 0 spiro atoms. The van der Waals surface area contributed by atoms with Gasteiger partial charge >= 0.3 is 0 Å². The first-order valence-corrected chi connectivity index (χ1v) is 9.45. The molecule has 29 heavy (non-hydrogen) atoms. The number of nitrogens with zero attached hydrogens (tertiary/aromatic N) is 3. The Morgan fingerprint density at radius 3 is 2.62 bits per heavy atom. The maximum atomic E-state index is 14.5. The fourth-order valence-corrected chi connectivity index (χ4v) is 3.48. The van der Waals surface area contributed by atoms with Crippen molar-refractivity contribution in [3.63, 3.8) is 0 Å². The highest BCUT2D eigenvalue weighted by molar-refractivity contribution is 6.16. The summed E-state index contributed by atoms with van der Waals surface area (Å²) in [5, 5.41) is 2.96. The molecule has 146 valence electrons. The molecule has 2 aromatic carbocycles. The molecular weight excluding hydrogens is 367 g/mol. The Morgan fingerprint density at radius 1 is 1.10 bits per heavy atom. The van der Waals surface area contributed by atoms with Crippen LogP contribution in [0.2, 0.25) is 0 Å². The summed E-state index contributed by atoms with van der Waals surface area (Å²) in [4.78, 5) is 23.2. The summed E-state index contributed by atoms with van der Waals surface area (Å²) in [5.74, 6) is -0.477. The van der Waals surface area contributed by atoms with Gasteiger partial charge in [0.1, 0.15) is 5.82 Å². The van der Waals surface area contributed by atoms with Crippen LogP contribution in [0.4, 0.5) is 10.1 Å². The fraction of sp³-hybridized carbons (Fsp3) is 0.174. The Kier molecular flexibility index (Phi) is 5.33. The van der Waals surface area contributed by atoms with E-state index in [4.69, 9.17) is 4.99 Å². The van der Waals surface area contributed by atoms with E-state index in [0.29, 0.717) is 29.9 Å². The molecular formula is C23H21FN4O. The maximum Gasteiger partial charge on any atom is 0.252 e. The Bertz CT molecular complexity index is 1050. The van der Waals surface area contributed by atoms with Crippen molar-refractivity contribution in [3.8, 4) is 0 Å². The molecule has 1 amide bonds. The summed E-state index contributed by atoms with van der Waals surface area (Å²) in [5.41, 5.74) is 3.45. The Morgan fingerprint density at radius 2 is 1.86 bits per heavy atom. The molecule has 0 bridgehead atoms. The first-order chi connectivity index (χ1) is 14.1. The average molecular weight is 388 g/mol. The molecule has 3 aromatic rings. The molecule has 1 aromatic heterocycles. The van der Waals surface area contributed by atoms with Crippen LogP contribution in [-0.4, -0.2) is 42.8 Å². The van der Waals surface area contributed by atoms with Crippen molar-refractivity contribution < 1.29 is 9.18 Å². The van der Waals surface area contributed by atoms with E-state index in [-0.39, 0.29) is 17.8 Å². The summed E-state index contributed by atoms with van der Waals surface area (Å²) in [6.07, 6.45) is 3.17. The molecule has 5 nitrogen and oxygen atoms in total. The van der Waals surface area contributed by atoms with Gasteiger partial charge in [-0.1, -0.05) is 30.3 Å². The quantitative estimate of drug-likeness (QED) is 0.746. The molecule has 1 N–H and O–H groups in total. The summed E-state index contributed by atoms with van der Waals surface area (Å²) in [6.45, 7) is 0.842. The number of carbonyl (C=O) groups excluding carboxylic acids is 1. The molecule has 1 atom stereocenters. The van der Waals surface area contributed by atoms with Crippen LogP contribution < -0.4 is 10.2 Å². The maximum absolute atomic E-state index is 14.5. The van der Waals surface area contributed by atoms with Crippen molar-refractivity contribution in [1.29, 1.82) is 0 Å². The summed E-state index contributed by atoms with van der Waals surface area (Å²) < 4.78 is 14.5. The van der Waals surface area contributed by atoms with Crippen LogP contribution >= 0.6 is 0 Å². The van der Waals surface area contributed by atoms with Crippen LogP contribution in [0, 0.1) is 5.82 Å². The fourth-order valence-electron chi connectivity index (χ4n) is 3.48. The smallest absolute Gasteiger partial charge is 0.252 e. The highest BCUT2D eigenvalue weighted by Gasteiger charge is 2.25. The van der Waals surface area contributed by atoms with Gasteiger partial charge in [0.15, 0.2) is 0 Å². The zero-order valence-electron chi connectivity index (χ0n) is 16.0. The number of benzene rings is 2. The second-order valence-corrected chi connectivity index (χ2v) is 6.90. The number of hydrogen-bond donors (Lipinski definition) is 1. The monoisotopic (exact) mass is 388 g/mol. The highest BCUT2D eigenvalue weighted by atomic mass is 19.1. The standard InChI is InChI=1S/C23H21FN4O/c1-28-17(15-27-23(29)16-7-6-12-25-13-16)14-26-22(18-8-2-4-10-20(18)24)19-9-3-5-11-21(19)28/h2-13,17H,14-15H2,1H3,(H,27,29).